The first-order valence-electron chi connectivity index (χ1n) is 10.1. The lowest BCUT2D eigenvalue weighted by atomic mass is 9.97. The van der Waals surface area contributed by atoms with E-state index < -0.39 is 0 Å². The molecule has 1 heterocycles. The first-order chi connectivity index (χ1) is 14.5. The summed E-state index contributed by atoms with van der Waals surface area (Å²) in [5, 5.41) is 18.7. The fourth-order valence-corrected chi connectivity index (χ4v) is 3.75. The number of halogens is 1. The van der Waals surface area contributed by atoms with Crippen molar-refractivity contribution < 1.29 is 9.84 Å². The molecule has 2 unspecified atom stereocenters. The maximum Gasteiger partial charge on any atom is 0.162 e. The minimum atomic E-state index is -0.205. The molecule has 0 amide bonds. The van der Waals surface area contributed by atoms with Gasteiger partial charge in [0.2, 0.25) is 0 Å². The molecule has 0 aliphatic carbocycles. The minimum absolute atomic E-state index is 0.149. The van der Waals surface area contributed by atoms with E-state index in [-0.39, 0.29) is 18.0 Å². The number of phenolic OH excluding ortho intramolecular Hbond substituents is 1. The average Bonchev–Trinajstić information content (AvgIpc) is 2.76. The molecule has 0 aromatic heterocycles. The van der Waals surface area contributed by atoms with Gasteiger partial charge in [-0.3, -0.25) is 5.32 Å². The zero-order valence-electron chi connectivity index (χ0n) is 17.0. The van der Waals surface area contributed by atoms with Crippen LogP contribution in [0.2, 0.25) is 5.02 Å². The predicted octanol–water partition coefficient (Wildman–Crippen LogP) is 5.73. The molecule has 4 rings (SSSR count). The van der Waals surface area contributed by atoms with Crippen LogP contribution in [0.1, 0.15) is 41.4 Å². The van der Waals surface area contributed by atoms with Crippen LogP contribution in [0, 0.1) is 6.92 Å². The smallest absolute Gasteiger partial charge is 0.162 e. The third-order valence-electron chi connectivity index (χ3n) is 5.21. The molecule has 0 saturated heterocycles. The largest absolute Gasteiger partial charge is 0.504 e. The van der Waals surface area contributed by atoms with Crippen LogP contribution in [0.25, 0.3) is 5.70 Å². The summed E-state index contributed by atoms with van der Waals surface area (Å²) in [4.78, 5) is 0. The van der Waals surface area contributed by atoms with Crippen molar-refractivity contribution in [2.75, 3.05) is 6.61 Å². The topological polar surface area (TPSA) is 53.5 Å². The summed E-state index contributed by atoms with van der Waals surface area (Å²) >= 11 is 6.08. The lowest BCUT2D eigenvalue weighted by molar-refractivity contribution is 0.314. The molecular formula is C25H25ClN2O2. The van der Waals surface area contributed by atoms with Gasteiger partial charge in [-0.1, -0.05) is 65.7 Å². The third-order valence-corrected chi connectivity index (χ3v) is 5.46. The Hall–Kier alpha value is -2.95. The minimum Gasteiger partial charge on any atom is -0.504 e. The Balaban J connectivity index is 1.75. The van der Waals surface area contributed by atoms with Crippen molar-refractivity contribution in [2.24, 2.45) is 0 Å². The van der Waals surface area contributed by atoms with Gasteiger partial charge in [0.05, 0.1) is 12.6 Å². The van der Waals surface area contributed by atoms with Crippen molar-refractivity contribution in [3.63, 3.8) is 0 Å². The van der Waals surface area contributed by atoms with E-state index in [1.807, 2.05) is 43.3 Å². The molecule has 154 valence electrons. The Bertz CT molecular complexity index is 1050. The zero-order chi connectivity index (χ0) is 21.1. The SMILES string of the molecule is CCOc1cccc(C2C=C(c3ccc(C)cc3)NC(c3ccc(Cl)cc3)N2)c1O. The van der Waals surface area contributed by atoms with Gasteiger partial charge in [0.25, 0.3) is 0 Å². The van der Waals surface area contributed by atoms with Gasteiger partial charge in [0.15, 0.2) is 11.5 Å². The van der Waals surface area contributed by atoms with Crippen LogP contribution in [-0.2, 0) is 0 Å². The maximum atomic E-state index is 10.8. The maximum absolute atomic E-state index is 10.8. The van der Waals surface area contributed by atoms with E-state index in [9.17, 15) is 5.11 Å². The van der Waals surface area contributed by atoms with Gasteiger partial charge in [-0.15, -0.1) is 0 Å². The number of benzene rings is 3. The highest BCUT2D eigenvalue weighted by molar-refractivity contribution is 6.30. The summed E-state index contributed by atoms with van der Waals surface area (Å²) in [6, 6.07) is 21.6. The highest BCUT2D eigenvalue weighted by atomic mass is 35.5. The van der Waals surface area contributed by atoms with Crippen LogP contribution in [0.4, 0.5) is 0 Å². The van der Waals surface area contributed by atoms with E-state index in [1.54, 1.807) is 6.07 Å². The van der Waals surface area contributed by atoms with Crippen LogP contribution in [0.3, 0.4) is 0 Å². The highest BCUT2D eigenvalue weighted by Crippen LogP contribution is 2.38. The van der Waals surface area contributed by atoms with Crippen molar-refractivity contribution in [3.05, 3.63) is 100 Å². The van der Waals surface area contributed by atoms with E-state index in [4.69, 9.17) is 16.3 Å². The van der Waals surface area contributed by atoms with Crippen LogP contribution in [0.5, 0.6) is 11.5 Å². The number of hydrogen-bond donors (Lipinski definition) is 3. The Morgan fingerprint density at radius 2 is 1.73 bits per heavy atom. The number of rotatable bonds is 5. The fourth-order valence-electron chi connectivity index (χ4n) is 3.63. The van der Waals surface area contributed by atoms with E-state index in [2.05, 4.69) is 47.9 Å². The third kappa shape index (κ3) is 4.30. The molecule has 3 N–H and O–H groups in total. The quantitative estimate of drug-likeness (QED) is 0.493. The van der Waals surface area contributed by atoms with E-state index in [0.717, 1.165) is 22.4 Å². The molecule has 5 heteroatoms. The van der Waals surface area contributed by atoms with Crippen LogP contribution < -0.4 is 15.4 Å². The van der Waals surface area contributed by atoms with Crippen molar-refractivity contribution in [1.29, 1.82) is 0 Å². The molecule has 30 heavy (non-hydrogen) atoms. The van der Waals surface area contributed by atoms with E-state index in [0.29, 0.717) is 17.4 Å². The monoisotopic (exact) mass is 420 g/mol. The molecule has 3 aromatic rings. The second-order valence-electron chi connectivity index (χ2n) is 7.35. The van der Waals surface area contributed by atoms with Gasteiger partial charge < -0.3 is 15.2 Å². The average molecular weight is 421 g/mol. The molecule has 2 atom stereocenters. The summed E-state index contributed by atoms with van der Waals surface area (Å²) in [6.07, 6.45) is 1.95. The molecule has 3 aromatic carbocycles. The van der Waals surface area contributed by atoms with Crippen LogP contribution in [-0.4, -0.2) is 11.7 Å². The number of nitrogens with one attached hydrogen (secondary N) is 2. The van der Waals surface area contributed by atoms with Crippen LogP contribution >= 0.6 is 11.6 Å². The number of phenols is 1. The lowest BCUT2D eigenvalue weighted by Crippen LogP contribution is -2.39. The molecule has 0 fully saturated rings. The normalized spacial score (nSPS) is 18.4. The van der Waals surface area contributed by atoms with E-state index in [1.165, 1.54) is 5.56 Å². The standard InChI is InChI=1S/C25H25ClN2O2/c1-3-30-23-6-4-5-20(24(23)29)22-15-21(17-9-7-16(2)8-10-17)27-25(28-22)18-11-13-19(26)14-12-18/h4-15,22,25,27-29H,3H2,1-2H3. The van der Waals surface area contributed by atoms with Crippen molar-refractivity contribution in [3.8, 4) is 11.5 Å². The Morgan fingerprint density at radius 3 is 2.43 bits per heavy atom. The van der Waals surface area contributed by atoms with Gasteiger partial charge >= 0.3 is 0 Å². The van der Waals surface area contributed by atoms with Gasteiger partial charge in [-0.25, -0.2) is 0 Å². The highest BCUT2D eigenvalue weighted by Gasteiger charge is 2.26. The Morgan fingerprint density at radius 1 is 1.00 bits per heavy atom. The summed E-state index contributed by atoms with van der Waals surface area (Å²) in [6.45, 7) is 4.47. The summed E-state index contributed by atoms with van der Waals surface area (Å²) in [5.74, 6) is 0.650. The van der Waals surface area contributed by atoms with Gasteiger partial charge in [-0.05, 0) is 49.2 Å². The lowest BCUT2D eigenvalue weighted by Gasteiger charge is -2.33. The second kappa shape index (κ2) is 8.82. The molecule has 0 bridgehead atoms. The van der Waals surface area contributed by atoms with Gasteiger partial charge in [0.1, 0.15) is 6.17 Å². The molecule has 0 spiro atoms. The van der Waals surface area contributed by atoms with Crippen molar-refractivity contribution in [2.45, 2.75) is 26.1 Å². The molecular weight excluding hydrogens is 396 g/mol. The second-order valence-corrected chi connectivity index (χ2v) is 7.78. The fraction of sp³-hybridized carbons (Fsp3) is 0.200. The van der Waals surface area contributed by atoms with Crippen molar-refractivity contribution >= 4 is 17.3 Å². The Labute approximate surface area is 182 Å². The van der Waals surface area contributed by atoms with Gasteiger partial charge in [-0.2, -0.15) is 0 Å². The molecule has 4 nitrogen and oxygen atoms in total. The van der Waals surface area contributed by atoms with Gasteiger partial charge in [0, 0.05) is 16.3 Å². The Kier molecular flexibility index (Phi) is 5.98. The molecule has 1 aliphatic rings. The number of aromatic hydroxyl groups is 1. The summed E-state index contributed by atoms with van der Waals surface area (Å²) < 4.78 is 5.59. The zero-order valence-corrected chi connectivity index (χ0v) is 17.8. The molecule has 1 aliphatic heterocycles. The first-order valence-corrected chi connectivity index (χ1v) is 10.4. The number of ether oxygens (including phenoxy) is 1. The van der Waals surface area contributed by atoms with Crippen molar-refractivity contribution in [1.82, 2.24) is 10.6 Å². The van der Waals surface area contributed by atoms with E-state index >= 15 is 0 Å². The number of aryl methyl sites for hydroxylation is 1. The molecule has 0 saturated carbocycles. The summed E-state index contributed by atoms with van der Waals surface area (Å²) in [7, 11) is 0. The number of hydrogen-bond acceptors (Lipinski definition) is 4. The summed E-state index contributed by atoms with van der Waals surface area (Å²) in [5.41, 5.74) is 5.13. The predicted molar refractivity (Wildman–Crippen MR) is 122 cm³/mol. The first kappa shape index (κ1) is 20.3. The van der Waals surface area contributed by atoms with Crippen LogP contribution in [0.15, 0.2) is 72.8 Å². The number of para-hydroxylation sites is 1. The molecule has 0 radical (unpaired) electrons.